The molecule has 1 rings (SSSR count). The van der Waals surface area contributed by atoms with Crippen molar-refractivity contribution in [2.45, 2.75) is 12.2 Å². The number of hydrogen-bond donors (Lipinski definition) is 0. The maximum absolute atomic E-state index is 13.9. The lowest BCUT2D eigenvalue weighted by atomic mass is 10.1. The van der Waals surface area contributed by atoms with Gasteiger partial charge in [0.1, 0.15) is 0 Å². The highest BCUT2D eigenvalue weighted by Gasteiger charge is 2.54. The number of hydrogen-bond acceptors (Lipinski definition) is 2. The molecule has 0 saturated heterocycles. The molecule has 1 aromatic carbocycles. The fourth-order valence-electron chi connectivity index (χ4n) is 1.15. The zero-order valence-electron chi connectivity index (χ0n) is 8.42. The lowest BCUT2D eigenvalue weighted by molar-refractivity contribution is -0.392. The van der Waals surface area contributed by atoms with E-state index in [1.54, 1.807) is 0 Å². The topological polar surface area (TPSA) is 29.5 Å². The largest absolute Gasteiger partial charge is 0.525 e. The van der Waals surface area contributed by atoms with Crippen molar-refractivity contribution in [1.82, 2.24) is 5.34 Å². The molecule has 0 aliphatic rings. The van der Waals surface area contributed by atoms with Gasteiger partial charge in [0.15, 0.2) is 0 Å². The van der Waals surface area contributed by atoms with Crippen LogP contribution < -0.4 is 0 Å². The van der Waals surface area contributed by atoms with E-state index in [-0.39, 0.29) is 0 Å². The monoisotopic (exact) mass is 273 g/mol. The Labute approximate surface area is 96.4 Å². The maximum atomic E-state index is 13.9. The van der Waals surface area contributed by atoms with Gasteiger partial charge in [0.25, 0.3) is 0 Å². The lowest BCUT2D eigenvalue weighted by Crippen LogP contribution is -2.43. The molecule has 0 fully saturated rings. The summed E-state index contributed by atoms with van der Waals surface area (Å²) in [6, 6.07) is 4.86. The van der Waals surface area contributed by atoms with Gasteiger partial charge in [0.2, 0.25) is 0 Å². The third-order valence-corrected chi connectivity index (χ3v) is 1.83. The van der Waals surface area contributed by atoms with E-state index in [2.05, 4.69) is 4.74 Å². The first-order valence-electron chi connectivity index (χ1n) is 4.34. The quantitative estimate of drug-likeness (QED) is 0.626. The highest BCUT2D eigenvalue weighted by Crippen LogP contribution is 2.36. The van der Waals surface area contributed by atoms with Gasteiger partial charge in [-0.15, -0.1) is 13.2 Å². The average Bonchev–Trinajstić information content (AvgIpc) is 2.26. The summed E-state index contributed by atoms with van der Waals surface area (Å²) in [6.45, 7) is 0. The number of carbonyl (C=O) groups excluding carboxylic acids is 1. The standard InChI is InChI=1S/C9H5F6NO2/c10-8(7(17)16(14)15,18-9(11,12)13)6-4-2-1-3-5-6/h1-5H. The van der Waals surface area contributed by atoms with E-state index < -0.39 is 29.0 Å². The lowest BCUT2D eigenvalue weighted by Gasteiger charge is -2.24. The van der Waals surface area contributed by atoms with Crippen molar-refractivity contribution in [3.8, 4) is 0 Å². The van der Waals surface area contributed by atoms with Crippen molar-refractivity contribution < 1.29 is 36.1 Å². The molecular formula is C9H5F6NO2. The van der Waals surface area contributed by atoms with Crippen LogP contribution in [0, 0.1) is 0 Å². The van der Waals surface area contributed by atoms with E-state index in [0.717, 1.165) is 12.1 Å². The highest BCUT2D eigenvalue weighted by atomic mass is 19.4. The van der Waals surface area contributed by atoms with Crippen molar-refractivity contribution in [2.24, 2.45) is 0 Å². The summed E-state index contributed by atoms with van der Waals surface area (Å²) in [7, 11) is 0. The van der Waals surface area contributed by atoms with Gasteiger partial charge < -0.3 is 0 Å². The normalized spacial score (nSPS) is 15.0. The van der Waals surface area contributed by atoms with E-state index in [1.165, 1.54) is 6.07 Å². The van der Waals surface area contributed by atoms with Crippen LogP contribution in [0.15, 0.2) is 30.3 Å². The predicted octanol–water partition coefficient (Wildman–Crippen LogP) is 2.94. The van der Waals surface area contributed by atoms with E-state index >= 15 is 0 Å². The van der Waals surface area contributed by atoms with Gasteiger partial charge in [-0.2, -0.15) is 4.39 Å². The average molecular weight is 273 g/mol. The van der Waals surface area contributed by atoms with Crippen molar-refractivity contribution in [3.63, 3.8) is 0 Å². The van der Waals surface area contributed by atoms with Crippen LogP contribution in [0.4, 0.5) is 26.5 Å². The molecule has 0 aliphatic heterocycles. The second-order valence-electron chi connectivity index (χ2n) is 3.05. The third kappa shape index (κ3) is 3.13. The number of amides is 1. The number of halogens is 6. The molecule has 1 aromatic rings. The molecular weight excluding hydrogens is 268 g/mol. The van der Waals surface area contributed by atoms with E-state index in [1.807, 2.05) is 0 Å². The molecule has 0 bridgehead atoms. The molecule has 0 N–H and O–H groups in total. The van der Waals surface area contributed by atoms with E-state index in [9.17, 15) is 31.3 Å². The van der Waals surface area contributed by atoms with Gasteiger partial charge in [-0.3, -0.25) is 4.79 Å². The minimum atomic E-state index is -5.60. The summed E-state index contributed by atoms with van der Waals surface area (Å²) in [5.41, 5.74) is -0.993. The Kier molecular flexibility index (Phi) is 3.85. The molecule has 9 heteroatoms. The van der Waals surface area contributed by atoms with Crippen LogP contribution in [-0.4, -0.2) is 17.6 Å². The van der Waals surface area contributed by atoms with Crippen LogP contribution in [0.5, 0.6) is 0 Å². The molecule has 0 heterocycles. The Balaban J connectivity index is 3.22. The molecule has 0 aromatic heterocycles. The summed E-state index contributed by atoms with van der Waals surface area (Å²) >= 11 is 0. The Morgan fingerprint density at radius 2 is 1.56 bits per heavy atom. The van der Waals surface area contributed by atoms with Crippen LogP contribution in [0.1, 0.15) is 5.56 Å². The summed E-state index contributed by atoms with van der Waals surface area (Å²) in [5.74, 6) is -7.10. The van der Waals surface area contributed by atoms with Gasteiger partial charge >= 0.3 is 18.1 Å². The van der Waals surface area contributed by atoms with Gasteiger partial charge in [0, 0.05) is 10.9 Å². The van der Waals surface area contributed by atoms with Crippen LogP contribution in [-0.2, 0) is 15.4 Å². The SMILES string of the molecule is O=C(N(F)F)C(F)(OC(F)(F)F)c1ccccc1. The van der Waals surface area contributed by atoms with Crippen molar-refractivity contribution in [1.29, 1.82) is 0 Å². The van der Waals surface area contributed by atoms with Crippen LogP contribution in [0.3, 0.4) is 0 Å². The fraction of sp³-hybridized carbons (Fsp3) is 0.222. The zero-order chi connectivity index (χ0) is 14.0. The molecule has 0 aliphatic carbocycles. The Morgan fingerprint density at radius 3 is 1.94 bits per heavy atom. The van der Waals surface area contributed by atoms with Crippen LogP contribution in [0.2, 0.25) is 0 Å². The Hall–Kier alpha value is -1.77. The first-order chi connectivity index (χ1) is 8.17. The van der Waals surface area contributed by atoms with Crippen molar-refractivity contribution in [2.75, 3.05) is 0 Å². The van der Waals surface area contributed by atoms with Crippen molar-refractivity contribution >= 4 is 5.91 Å². The molecule has 0 radical (unpaired) electrons. The molecule has 1 amide bonds. The van der Waals surface area contributed by atoms with Gasteiger partial charge in [-0.25, -0.2) is 4.74 Å². The molecule has 100 valence electrons. The molecule has 1 unspecified atom stereocenters. The minimum absolute atomic E-state index is 0.715. The number of alkyl halides is 4. The number of rotatable bonds is 3. The van der Waals surface area contributed by atoms with Crippen molar-refractivity contribution in [3.05, 3.63) is 35.9 Å². The van der Waals surface area contributed by atoms with Crippen LogP contribution in [0.25, 0.3) is 0 Å². The summed E-state index contributed by atoms with van der Waals surface area (Å²) in [6.07, 6.45) is -5.60. The third-order valence-electron chi connectivity index (χ3n) is 1.83. The summed E-state index contributed by atoms with van der Waals surface area (Å²) in [5, 5.41) is -2.31. The molecule has 0 saturated carbocycles. The van der Waals surface area contributed by atoms with Gasteiger partial charge in [-0.1, -0.05) is 39.3 Å². The number of ether oxygens (including phenoxy) is 1. The second-order valence-corrected chi connectivity index (χ2v) is 3.05. The Morgan fingerprint density at radius 1 is 1.06 bits per heavy atom. The number of nitrogens with zero attached hydrogens (tertiary/aromatic N) is 1. The number of carbonyl (C=O) groups is 1. The maximum Gasteiger partial charge on any atom is 0.525 e. The van der Waals surface area contributed by atoms with E-state index in [0.29, 0.717) is 12.1 Å². The minimum Gasteiger partial charge on any atom is -0.262 e. The smallest absolute Gasteiger partial charge is 0.262 e. The van der Waals surface area contributed by atoms with Gasteiger partial charge in [-0.05, 0) is 0 Å². The first-order valence-corrected chi connectivity index (χ1v) is 4.34. The van der Waals surface area contributed by atoms with Gasteiger partial charge in [0.05, 0.1) is 0 Å². The number of benzene rings is 1. The highest BCUT2D eigenvalue weighted by molar-refractivity contribution is 5.83. The molecule has 0 spiro atoms. The molecule has 18 heavy (non-hydrogen) atoms. The van der Waals surface area contributed by atoms with Crippen LogP contribution >= 0.6 is 0 Å². The first kappa shape index (κ1) is 14.3. The Bertz CT molecular complexity index is 421. The zero-order valence-corrected chi connectivity index (χ0v) is 8.42. The second kappa shape index (κ2) is 4.84. The molecule has 3 nitrogen and oxygen atoms in total. The fourth-order valence-corrected chi connectivity index (χ4v) is 1.15. The molecule has 1 atom stereocenters. The van der Waals surface area contributed by atoms with E-state index in [4.69, 9.17) is 0 Å². The summed E-state index contributed by atoms with van der Waals surface area (Å²) < 4.78 is 76.7. The predicted molar refractivity (Wildman–Crippen MR) is 45.4 cm³/mol. The summed E-state index contributed by atoms with van der Waals surface area (Å²) in [4.78, 5) is 10.8.